The summed E-state index contributed by atoms with van der Waals surface area (Å²) in [5, 5.41) is 0. The van der Waals surface area contributed by atoms with Gasteiger partial charge in [0.05, 0.1) is 26.7 Å². The van der Waals surface area contributed by atoms with Gasteiger partial charge in [-0.2, -0.15) is 0 Å². The van der Waals surface area contributed by atoms with E-state index in [0.717, 1.165) is 62.3 Å². The normalized spacial score (nSPS) is 31.2. The average molecular weight is 504 g/mol. The first-order valence-electron chi connectivity index (χ1n) is 13.9. The van der Waals surface area contributed by atoms with Crippen LogP contribution in [-0.2, 0) is 24.2 Å². The van der Waals surface area contributed by atoms with E-state index in [1.165, 1.54) is 36.0 Å². The number of carbonyl (C=O) groups is 1. The third-order valence-electron chi connectivity index (χ3n) is 10.1. The van der Waals surface area contributed by atoms with Gasteiger partial charge in [-0.25, -0.2) is 0 Å². The molecule has 0 aromatic heterocycles. The van der Waals surface area contributed by atoms with Crippen molar-refractivity contribution in [1.82, 2.24) is 4.90 Å². The third kappa shape index (κ3) is 3.66. The molecule has 4 fully saturated rings. The Kier molecular flexibility index (Phi) is 5.47. The highest BCUT2D eigenvalue weighted by molar-refractivity contribution is 5.81. The van der Waals surface area contributed by atoms with Gasteiger partial charge in [-0.15, -0.1) is 0 Å². The molecule has 6 aliphatic rings. The highest BCUT2D eigenvalue weighted by Gasteiger charge is 2.56. The predicted octanol–water partition coefficient (Wildman–Crippen LogP) is 5.49. The Morgan fingerprint density at radius 1 is 0.865 bits per heavy atom. The van der Waals surface area contributed by atoms with E-state index in [2.05, 4.69) is 23.1 Å². The molecule has 6 nitrogen and oxygen atoms in total. The maximum Gasteiger partial charge on any atom is 0.317 e. The molecule has 0 N–H and O–H groups in total. The van der Waals surface area contributed by atoms with Crippen molar-refractivity contribution in [3.63, 3.8) is 0 Å². The molecule has 0 radical (unpaired) electrons. The number of nitrogens with zero attached hydrogens (tertiary/aromatic N) is 1. The quantitative estimate of drug-likeness (QED) is 0.397. The monoisotopic (exact) mass is 503 g/mol. The van der Waals surface area contributed by atoms with E-state index < -0.39 is 0 Å². The van der Waals surface area contributed by atoms with Gasteiger partial charge >= 0.3 is 5.97 Å². The summed E-state index contributed by atoms with van der Waals surface area (Å²) in [6.45, 7) is 1.70. The van der Waals surface area contributed by atoms with E-state index in [0.29, 0.717) is 29.3 Å². The molecule has 1 atom stereocenters. The fourth-order valence-electron chi connectivity index (χ4n) is 8.77. The summed E-state index contributed by atoms with van der Waals surface area (Å²) < 4.78 is 23.3. The van der Waals surface area contributed by atoms with Gasteiger partial charge in [-0.1, -0.05) is 6.07 Å². The van der Waals surface area contributed by atoms with Crippen LogP contribution in [0.15, 0.2) is 24.3 Å². The highest BCUT2D eigenvalue weighted by atomic mass is 16.6. The smallest absolute Gasteiger partial charge is 0.317 e. The third-order valence-corrected chi connectivity index (χ3v) is 10.1. The van der Waals surface area contributed by atoms with Gasteiger partial charge in [-0.3, -0.25) is 9.69 Å². The Morgan fingerprint density at radius 3 is 2.16 bits per heavy atom. The van der Waals surface area contributed by atoms with E-state index in [1.807, 2.05) is 6.07 Å². The number of methoxy groups -OCH3 is 3. The second-order valence-corrected chi connectivity index (χ2v) is 12.2. The number of hydrogen-bond acceptors (Lipinski definition) is 6. The van der Waals surface area contributed by atoms with Crippen molar-refractivity contribution >= 4 is 5.97 Å². The van der Waals surface area contributed by atoms with Crippen LogP contribution in [0.3, 0.4) is 0 Å². The molecule has 0 amide bonds. The van der Waals surface area contributed by atoms with Crippen LogP contribution in [0.2, 0.25) is 0 Å². The average Bonchev–Trinajstić information content (AvgIpc) is 2.90. The van der Waals surface area contributed by atoms with Gasteiger partial charge in [0, 0.05) is 24.7 Å². The van der Waals surface area contributed by atoms with Crippen molar-refractivity contribution in [2.45, 2.75) is 64.0 Å². The molecule has 8 rings (SSSR count). The molecule has 2 aliphatic heterocycles. The SMILES string of the molecule is COc1cc2c(cc1OC)C1Cc3ccc(OC)c(OC(=O)C45CC6CC(CC(C6)C4)C5)c3CN1CC2. The molecule has 37 heavy (non-hydrogen) atoms. The Bertz CT molecular complexity index is 1220. The van der Waals surface area contributed by atoms with Crippen LogP contribution in [0.25, 0.3) is 0 Å². The van der Waals surface area contributed by atoms with Crippen LogP contribution in [0.1, 0.15) is 66.8 Å². The van der Waals surface area contributed by atoms with Gasteiger partial charge in [0.1, 0.15) is 0 Å². The summed E-state index contributed by atoms with van der Waals surface area (Å²) in [5.41, 5.74) is 4.68. The molecule has 2 heterocycles. The fourth-order valence-corrected chi connectivity index (χ4v) is 8.77. The lowest BCUT2D eigenvalue weighted by Crippen LogP contribution is -2.51. The summed E-state index contributed by atoms with van der Waals surface area (Å²) in [6, 6.07) is 8.68. The number of hydrogen-bond donors (Lipinski definition) is 0. The lowest BCUT2D eigenvalue weighted by molar-refractivity contribution is -0.161. The standard InChI is InChI=1S/C31H37NO5/c1-34-26-5-4-21-11-25-23-13-28(36-3)27(35-2)12-22(23)6-7-32(25)17-24(21)29(26)37-30(33)31-14-18-8-19(15-31)10-20(9-18)16-31/h4-5,12-13,18-20,25H,6-11,14-17H2,1-3H3. The van der Waals surface area contributed by atoms with E-state index in [-0.39, 0.29) is 17.4 Å². The number of carbonyl (C=O) groups excluding carboxylic acids is 1. The number of fused-ring (bicyclic) bond motifs is 4. The number of rotatable bonds is 5. The zero-order valence-electron chi connectivity index (χ0n) is 22.2. The molecular formula is C31H37NO5. The van der Waals surface area contributed by atoms with Crippen LogP contribution < -0.4 is 18.9 Å². The van der Waals surface area contributed by atoms with E-state index in [9.17, 15) is 4.79 Å². The molecule has 196 valence electrons. The van der Waals surface area contributed by atoms with Crippen LogP contribution >= 0.6 is 0 Å². The van der Waals surface area contributed by atoms with Gasteiger partial charge < -0.3 is 18.9 Å². The van der Waals surface area contributed by atoms with Crippen molar-refractivity contribution in [3.8, 4) is 23.0 Å². The summed E-state index contributed by atoms with van der Waals surface area (Å²) in [6.07, 6.45) is 8.77. The Balaban J connectivity index is 1.21. The first-order chi connectivity index (χ1) is 18.0. The number of benzene rings is 2. The largest absolute Gasteiger partial charge is 0.493 e. The van der Waals surface area contributed by atoms with Crippen molar-refractivity contribution < 1.29 is 23.7 Å². The molecule has 6 heteroatoms. The number of esters is 1. The van der Waals surface area contributed by atoms with Crippen molar-refractivity contribution in [2.75, 3.05) is 27.9 Å². The van der Waals surface area contributed by atoms with Gasteiger partial charge in [0.15, 0.2) is 23.0 Å². The van der Waals surface area contributed by atoms with Crippen molar-refractivity contribution in [3.05, 3.63) is 46.5 Å². The number of ether oxygens (including phenoxy) is 4. The first kappa shape index (κ1) is 23.4. The van der Waals surface area contributed by atoms with Crippen LogP contribution in [0, 0.1) is 23.2 Å². The lowest BCUT2D eigenvalue weighted by atomic mass is 9.49. The summed E-state index contributed by atoms with van der Waals surface area (Å²) in [7, 11) is 5.06. The minimum absolute atomic E-state index is 0.0127. The zero-order valence-corrected chi connectivity index (χ0v) is 22.2. The highest BCUT2D eigenvalue weighted by Crippen LogP contribution is 2.60. The van der Waals surface area contributed by atoms with Crippen molar-refractivity contribution in [1.29, 1.82) is 0 Å². The molecule has 4 aliphatic carbocycles. The maximum absolute atomic E-state index is 13.9. The van der Waals surface area contributed by atoms with Gasteiger partial charge in [0.2, 0.25) is 0 Å². The maximum atomic E-state index is 13.9. The first-order valence-corrected chi connectivity index (χ1v) is 13.9. The Morgan fingerprint density at radius 2 is 1.51 bits per heavy atom. The second-order valence-electron chi connectivity index (χ2n) is 12.2. The van der Waals surface area contributed by atoms with E-state index in [1.54, 1.807) is 21.3 Å². The van der Waals surface area contributed by atoms with Gasteiger partial charge in [-0.05, 0) is 104 Å². The molecular weight excluding hydrogens is 466 g/mol. The minimum atomic E-state index is -0.292. The summed E-state index contributed by atoms with van der Waals surface area (Å²) in [5.74, 6) is 4.97. The van der Waals surface area contributed by atoms with Crippen LogP contribution in [0.4, 0.5) is 0 Å². The predicted molar refractivity (Wildman–Crippen MR) is 139 cm³/mol. The van der Waals surface area contributed by atoms with Gasteiger partial charge in [0.25, 0.3) is 0 Å². The van der Waals surface area contributed by atoms with E-state index in [4.69, 9.17) is 18.9 Å². The summed E-state index contributed by atoms with van der Waals surface area (Å²) >= 11 is 0. The van der Waals surface area contributed by atoms with E-state index >= 15 is 0 Å². The Hall–Kier alpha value is -2.73. The zero-order chi connectivity index (χ0) is 25.3. The van der Waals surface area contributed by atoms with Crippen LogP contribution in [-0.4, -0.2) is 38.7 Å². The molecule has 1 unspecified atom stereocenters. The van der Waals surface area contributed by atoms with Crippen LogP contribution in [0.5, 0.6) is 23.0 Å². The fraction of sp³-hybridized carbons (Fsp3) is 0.581. The molecule has 4 saturated carbocycles. The molecule has 2 aromatic rings. The van der Waals surface area contributed by atoms with Crippen molar-refractivity contribution in [2.24, 2.45) is 23.2 Å². The molecule has 0 spiro atoms. The molecule has 2 aromatic carbocycles. The topological polar surface area (TPSA) is 57.2 Å². The lowest BCUT2D eigenvalue weighted by Gasteiger charge is -2.55. The second kappa shape index (κ2) is 8.65. The minimum Gasteiger partial charge on any atom is -0.493 e. The Labute approximate surface area is 219 Å². The molecule has 4 bridgehead atoms. The molecule has 0 saturated heterocycles. The summed E-state index contributed by atoms with van der Waals surface area (Å²) in [4.78, 5) is 16.4.